The SMILES string of the molecule is CCCCCCCCCOc1cc(OCCCCCCCCC)cc(N(CC(=O)O)CC(=O)O)c1. The summed E-state index contributed by atoms with van der Waals surface area (Å²) in [4.78, 5) is 23.9. The van der Waals surface area contributed by atoms with E-state index < -0.39 is 25.0 Å². The lowest BCUT2D eigenvalue weighted by Crippen LogP contribution is -2.34. The summed E-state index contributed by atoms with van der Waals surface area (Å²) in [5.74, 6) is -1.04. The number of rotatable bonds is 23. The fourth-order valence-electron chi connectivity index (χ4n) is 3.97. The Labute approximate surface area is 211 Å². The van der Waals surface area contributed by atoms with Crippen LogP contribution in [0.3, 0.4) is 0 Å². The van der Waals surface area contributed by atoms with Gasteiger partial charge in [-0.2, -0.15) is 0 Å². The van der Waals surface area contributed by atoms with Gasteiger partial charge in [0.2, 0.25) is 0 Å². The monoisotopic (exact) mass is 493 g/mol. The Balaban J connectivity index is 2.70. The van der Waals surface area contributed by atoms with E-state index in [9.17, 15) is 19.8 Å². The number of aliphatic carboxylic acids is 2. The maximum absolute atomic E-state index is 11.3. The second-order valence-corrected chi connectivity index (χ2v) is 9.25. The summed E-state index contributed by atoms with van der Waals surface area (Å²) >= 11 is 0. The highest BCUT2D eigenvalue weighted by Gasteiger charge is 2.16. The summed E-state index contributed by atoms with van der Waals surface area (Å²) in [6, 6.07) is 5.22. The number of unbranched alkanes of at least 4 members (excludes halogenated alkanes) is 12. The summed E-state index contributed by atoms with van der Waals surface area (Å²) in [6.07, 6.45) is 16.6. The Morgan fingerprint density at radius 1 is 0.629 bits per heavy atom. The summed E-state index contributed by atoms with van der Waals surface area (Å²) in [6.45, 7) is 4.72. The lowest BCUT2D eigenvalue weighted by Gasteiger charge is -2.22. The molecule has 0 heterocycles. The zero-order valence-corrected chi connectivity index (χ0v) is 21.9. The highest BCUT2D eigenvalue weighted by molar-refractivity contribution is 5.80. The highest BCUT2D eigenvalue weighted by Crippen LogP contribution is 2.29. The average Bonchev–Trinajstić information content (AvgIpc) is 2.81. The molecular weight excluding hydrogens is 446 g/mol. The van der Waals surface area contributed by atoms with Crippen molar-refractivity contribution in [3.8, 4) is 11.5 Å². The normalized spacial score (nSPS) is 10.8. The van der Waals surface area contributed by atoms with Gasteiger partial charge in [0.25, 0.3) is 0 Å². The Morgan fingerprint density at radius 2 is 1.00 bits per heavy atom. The first kappa shape index (κ1) is 30.6. The van der Waals surface area contributed by atoms with Crippen LogP contribution in [0.1, 0.15) is 104 Å². The predicted octanol–water partition coefficient (Wildman–Crippen LogP) is 6.92. The molecule has 0 unspecified atom stereocenters. The van der Waals surface area contributed by atoms with Crippen molar-refractivity contribution in [2.24, 2.45) is 0 Å². The third-order valence-corrected chi connectivity index (χ3v) is 5.92. The van der Waals surface area contributed by atoms with Crippen LogP contribution in [-0.4, -0.2) is 48.5 Å². The molecule has 35 heavy (non-hydrogen) atoms. The molecule has 7 nitrogen and oxygen atoms in total. The van der Waals surface area contributed by atoms with Gasteiger partial charge in [0.15, 0.2) is 0 Å². The quantitative estimate of drug-likeness (QED) is 0.160. The molecule has 0 bridgehead atoms. The van der Waals surface area contributed by atoms with Crippen molar-refractivity contribution in [1.29, 1.82) is 0 Å². The van der Waals surface area contributed by atoms with Crippen molar-refractivity contribution in [3.05, 3.63) is 18.2 Å². The van der Waals surface area contributed by atoms with E-state index in [2.05, 4.69) is 13.8 Å². The molecule has 0 saturated heterocycles. The number of carboxylic acids is 2. The van der Waals surface area contributed by atoms with E-state index in [0.717, 1.165) is 25.7 Å². The smallest absolute Gasteiger partial charge is 0.323 e. The zero-order chi connectivity index (χ0) is 25.7. The van der Waals surface area contributed by atoms with Gasteiger partial charge in [-0.25, -0.2) is 0 Å². The Hall–Kier alpha value is -2.44. The maximum atomic E-state index is 11.3. The Bertz CT molecular complexity index is 654. The molecule has 0 aromatic heterocycles. The van der Waals surface area contributed by atoms with Gasteiger partial charge < -0.3 is 24.6 Å². The first-order chi connectivity index (χ1) is 17.0. The van der Waals surface area contributed by atoms with Crippen LogP contribution in [0.2, 0.25) is 0 Å². The van der Waals surface area contributed by atoms with E-state index in [1.807, 2.05) is 6.07 Å². The van der Waals surface area contributed by atoms with Gasteiger partial charge in [0.05, 0.1) is 13.2 Å². The number of hydrogen-bond donors (Lipinski definition) is 2. The first-order valence-corrected chi connectivity index (χ1v) is 13.6. The molecule has 0 aliphatic rings. The molecule has 0 aliphatic carbocycles. The average molecular weight is 494 g/mol. The molecule has 2 N–H and O–H groups in total. The number of anilines is 1. The third-order valence-electron chi connectivity index (χ3n) is 5.92. The first-order valence-electron chi connectivity index (χ1n) is 13.6. The molecular formula is C28H47NO6. The molecule has 1 aromatic rings. The molecule has 0 fully saturated rings. The largest absolute Gasteiger partial charge is 0.493 e. The van der Waals surface area contributed by atoms with E-state index in [0.29, 0.717) is 30.4 Å². The van der Waals surface area contributed by atoms with Crippen LogP contribution in [0.5, 0.6) is 11.5 Å². The minimum Gasteiger partial charge on any atom is -0.493 e. The van der Waals surface area contributed by atoms with Crippen molar-refractivity contribution < 1.29 is 29.3 Å². The standard InChI is InChI=1S/C28H47NO6/c1-3-5-7-9-11-13-15-17-34-25-19-24(29(22-27(30)31)23-28(32)33)20-26(21-25)35-18-16-14-12-10-8-6-4-2/h19-21H,3-18,22-23H2,1-2H3,(H,30,31)(H,32,33). The number of hydrogen-bond acceptors (Lipinski definition) is 5. The minimum atomic E-state index is -1.09. The molecule has 0 amide bonds. The van der Waals surface area contributed by atoms with Gasteiger partial charge in [-0.1, -0.05) is 90.9 Å². The van der Waals surface area contributed by atoms with Crippen LogP contribution in [-0.2, 0) is 9.59 Å². The summed E-state index contributed by atoms with van der Waals surface area (Å²) in [5, 5.41) is 18.5. The van der Waals surface area contributed by atoms with Crippen LogP contribution in [0.25, 0.3) is 0 Å². The molecule has 0 atom stereocenters. The molecule has 1 aromatic carbocycles. The van der Waals surface area contributed by atoms with Gasteiger partial charge in [0.1, 0.15) is 24.6 Å². The fraction of sp³-hybridized carbons (Fsp3) is 0.714. The van der Waals surface area contributed by atoms with Crippen LogP contribution in [0.4, 0.5) is 5.69 Å². The Kier molecular flexibility index (Phi) is 17.3. The molecule has 0 spiro atoms. The third kappa shape index (κ3) is 16.0. The van der Waals surface area contributed by atoms with Gasteiger partial charge in [-0.05, 0) is 12.8 Å². The van der Waals surface area contributed by atoms with Crippen molar-refractivity contribution in [3.63, 3.8) is 0 Å². The molecule has 200 valence electrons. The Morgan fingerprint density at radius 3 is 1.37 bits per heavy atom. The van der Waals surface area contributed by atoms with Gasteiger partial charge >= 0.3 is 11.9 Å². The van der Waals surface area contributed by atoms with Gasteiger partial charge in [-0.3, -0.25) is 9.59 Å². The lowest BCUT2D eigenvalue weighted by molar-refractivity contribution is -0.136. The fourth-order valence-corrected chi connectivity index (χ4v) is 3.97. The van der Waals surface area contributed by atoms with Crippen LogP contribution in [0.15, 0.2) is 18.2 Å². The number of carbonyl (C=O) groups is 2. The van der Waals surface area contributed by atoms with E-state index in [-0.39, 0.29) is 0 Å². The summed E-state index contributed by atoms with van der Waals surface area (Å²) < 4.78 is 11.9. The summed E-state index contributed by atoms with van der Waals surface area (Å²) in [5.41, 5.74) is 0.474. The van der Waals surface area contributed by atoms with Gasteiger partial charge in [-0.15, -0.1) is 0 Å². The number of nitrogens with zero attached hydrogens (tertiary/aromatic N) is 1. The van der Waals surface area contributed by atoms with E-state index in [1.54, 1.807) is 12.1 Å². The molecule has 0 radical (unpaired) electrons. The minimum absolute atomic E-state index is 0.412. The summed E-state index contributed by atoms with van der Waals surface area (Å²) in [7, 11) is 0. The van der Waals surface area contributed by atoms with E-state index in [4.69, 9.17) is 9.47 Å². The van der Waals surface area contributed by atoms with Crippen LogP contribution in [0, 0.1) is 0 Å². The van der Waals surface area contributed by atoms with Crippen LogP contribution < -0.4 is 14.4 Å². The van der Waals surface area contributed by atoms with Crippen molar-refractivity contribution >= 4 is 17.6 Å². The second-order valence-electron chi connectivity index (χ2n) is 9.25. The van der Waals surface area contributed by atoms with Crippen LogP contribution >= 0.6 is 0 Å². The second kappa shape index (κ2) is 19.8. The predicted molar refractivity (Wildman–Crippen MR) is 141 cm³/mol. The maximum Gasteiger partial charge on any atom is 0.323 e. The topological polar surface area (TPSA) is 96.3 Å². The van der Waals surface area contributed by atoms with Crippen molar-refractivity contribution in [1.82, 2.24) is 0 Å². The number of ether oxygens (including phenoxy) is 2. The lowest BCUT2D eigenvalue weighted by atomic mass is 10.1. The van der Waals surface area contributed by atoms with E-state index >= 15 is 0 Å². The molecule has 1 rings (SSSR count). The molecule has 0 aliphatic heterocycles. The number of carboxylic acid groups (broad SMARTS) is 2. The van der Waals surface area contributed by atoms with E-state index in [1.165, 1.54) is 69.1 Å². The van der Waals surface area contributed by atoms with Crippen molar-refractivity contribution in [2.45, 2.75) is 104 Å². The van der Waals surface area contributed by atoms with Gasteiger partial charge in [0, 0.05) is 23.9 Å². The zero-order valence-electron chi connectivity index (χ0n) is 21.9. The molecule has 0 saturated carbocycles. The molecule has 7 heteroatoms. The highest BCUT2D eigenvalue weighted by atomic mass is 16.5. The number of benzene rings is 1. The van der Waals surface area contributed by atoms with Crippen molar-refractivity contribution in [2.75, 3.05) is 31.2 Å².